The second kappa shape index (κ2) is 8.49. The molecule has 2 N–H and O–H groups in total. The standard InChI is InChI=1S/C22H28N6O4/c1-13-15(8-9-16(29)26(5)11-10-23)19-27(12-22(2,3)4)20(31)17(21(32)28(19)25-13)18(30)24-14-6-7-14/h8-9,14,32H,6-7,11-12H2,1-5H3,(H,24,30). The minimum Gasteiger partial charge on any atom is -0.492 e. The third-order valence-corrected chi connectivity index (χ3v) is 5.07. The number of amides is 2. The Balaban J connectivity index is 2.21. The number of hydrogen-bond donors (Lipinski definition) is 2. The van der Waals surface area contributed by atoms with Gasteiger partial charge in [0.25, 0.3) is 11.5 Å². The molecule has 0 atom stereocenters. The van der Waals surface area contributed by atoms with Crippen molar-refractivity contribution in [2.24, 2.45) is 5.41 Å². The number of hydrogen-bond acceptors (Lipinski definition) is 6. The van der Waals surface area contributed by atoms with E-state index in [0.29, 0.717) is 11.3 Å². The number of aromatic nitrogens is 3. The number of aryl methyl sites for hydroxylation is 1. The van der Waals surface area contributed by atoms with E-state index in [0.717, 1.165) is 12.8 Å². The maximum absolute atomic E-state index is 13.4. The predicted octanol–water partition coefficient (Wildman–Crippen LogP) is 1.44. The molecule has 0 spiro atoms. The van der Waals surface area contributed by atoms with Crippen LogP contribution in [0.25, 0.3) is 11.7 Å². The van der Waals surface area contributed by atoms with Crippen LogP contribution >= 0.6 is 0 Å². The maximum Gasteiger partial charge on any atom is 0.270 e. The number of nitriles is 1. The number of likely N-dealkylation sites (N-methyl/N-ethyl adjacent to an activating group) is 1. The van der Waals surface area contributed by atoms with Gasteiger partial charge >= 0.3 is 0 Å². The summed E-state index contributed by atoms with van der Waals surface area (Å²) in [5.41, 5.74) is -0.0754. The topological polar surface area (TPSA) is 133 Å². The zero-order chi connectivity index (χ0) is 23.8. The zero-order valence-electron chi connectivity index (χ0n) is 19.0. The van der Waals surface area contributed by atoms with E-state index in [1.807, 2.05) is 26.8 Å². The molecule has 32 heavy (non-hydrogen) atoms. The fourth-order valence-corrected chi connectivity index (χ4v) is 3.33. The molecule has 10 nitrogen and oxygen atoms in total. The second-order valence-corrected chi connectivity index (χ2v) is 9.32. The SMILES string of the molecule is Cc1nn2c(O)c(C(=O)NC3CC3)c(=O)n(CC(C)(C)C)c2c1C=CC(=O)N(C)CC#N. The molecule has 2 heterocycles. The Morgan fingerprint density at radius 3 is 2.59 bits per heavy atom. The van der Waals surface area contributed by atoms with Crippen molar-refractivity contribution < 1.29 is 14.7 Å². The highest BCUT2D eigenvalue weighted by Gasteiger charge is 2.31. The van der Waals surface area contributed by atoms with Crippen molar-refractivity contribution in [3.63, 3.8) is 0 Å². The number of aromatic hydroxyl groups is 1. The lowest BCUT2D eigenvalue weighted by molar-refractivity contribution is -0.124. The molecule has 0 unspecified atom stereocenters. The first kappa shape index (κ1) is 23.1. The molecule has 1 saturated carbocycles. The third kappa shape index (κ3) is 4.66. The number of carbonyl (C=O) groups excluding carboxylic acids is 2. The van der Waals surface area contributed by atoms with Gasteiger partial charge in [-0.15, -0.1) is 0 Å². The smallest absolute Gasteiger partial charge is 0.270 e. The van der Waals surface area contributed by atoms with Crippen molar-refractivity contribution in [1.82, 2.24) is 24.4 Å². The van der Waals surface area contributed by atoms with Gasteiger partial charge in [-0.05, 0) is 31.3 Å². The third-order valence-electron chi connectivity index (χ3n) is 5.07. The Bertz CT molecular complexity index is 1200. The molecule has 0 radical (unpaired) electrons. The van der Waals surface area contributed by atoms with Crippen LogP contribution in [0.3, 0.4) is 0 Å². The molecule has 170 valence electrons. The first-order valence-corrected chi connectivity index (χ1v) is 10.4. The highest BCUT2D eigenvalue weighted by molar-refractivity contribution is 5.97. The molecule has 0 saturated heterocycles. The maximum atomic E-state index is 13.4. The number of fused-ring (bicyclic) bond motifs is 1. The van der Waals surface area contributed by atoms with E-state index in [1.165, 1.54) is 33.2 Å². The Labute approximate surface area is 185 Å². The highest BCUT2D eigenvalue weighted by atomic mass is 16.3. The fourth-order valence-electron chi connectivity index (χ4n) is 3.33. The summed E-state index contributed by atoms with van der Waals surface area (Å²) in [7, 11) is 1.50. The summed E-state index contributed by atoms with van der Waals surface area (Å²) in [6.07, 6.45) is 4.48. The van der Waals surface area contributed by atoms with Crippen LogP contribution in [0.15, 0.2) is 10.9 Å². The largest absolute Gasteiger partial charge is 0.492 e. The van der Waals surface area contributed by atoms with Gasteiger partial charge < -0.3 is 15.3 Å². The van der Waals surface area contributed by atoms with E-state index in [-0.39, 0.29) is 41.7 Å². The summed E-state index contributed by atoms with van der Waals surface area (Å²) in [5, 5.41) is 26.7. The van der Waals surface area contributed by atoms with Crippen molar-refractivity contribution in [3.05, 3.63) is 33.3 Å². The average molecular weight is 441 g/mol. The average Bonchev–Trinajstić information content (AvgIpc) is 3.43. The molecule has 2 aromatic heterocycles. The summed E-state index contributed by atoms with van der Waals surface area (Å²) in [6.45, 7) is 7.73. The number of carbonyl (C=O) groups is 2. The van der Waals surface area contributed by atoms with Crippen LogP contribution in [0, 0.1) is 23.7 Å². The minimum absolute atomic E-state index is 0.0160. The van der Waals surface area contributed by atoms with Crippen LogP contribution in [0.1, 0.15) is 55.2 Å². The normalized spacial score (nSPS) is 14.0. The Morgan fingerprint density at radius 1 is 1.38 bits per heavy atom. The van der Waals surface area contributed by atoms with E-state index in [9.17, 15) is 19.5 Å². The molecule has 2 aromatic rings. The van der Waals surface area contributed by atoms with Crippen molar-refractivity contribution in [3.8, 4) is 11.9 Å². The van der Waals surface area contributed by atoms with Crippen LogP contribution in [-0.4, -0.2) is 55.6 Å². The van der Waals surface area contributed by atoms with Gasteiger partial charge in [0.15, 0.2) is 5.56 Å². The predicted molar refractivity (Wildman–Crippen MR) is 118 cm³/mol. The van der Waals surface area contributed by atoms with E-state index < -0.39 is 17.3 Å². The van der Waals surface area contributed by atoms with Crippen LogP contribution < -0.4 is 10.9 Å². The Kier molecular flexibility index (Phi) is 6.12. The van der Waals surface area contributed by atoms with Crippen molar-refractivity contribution in [2.75, 3.05) is 13.6 Å². The monoisotopic (exact) mass is 440 g/mol. The molecule has 3 rings (SSSR count). The van der Waals surface area contributed by atoms with Crippen LogP contribution in [0.4, 0.5) is 0 Å². The first-order chi connectivity index (χ1) is 14.9. The molecular weight excluding hydrogens is 412 g/mol. The summed E-state index contributed by atoms with van der Waals surface area (Å²) in [6, 6.07) is 1.92. The van der Waals surface area contributed by atoms with Crippen LogP contribution in [0.2, 0.25) is 0 Å². The molecule has 1 fully saturated rings. The summed E-state index contributed by atoms with van der Waals surface area (Å²) in [4.78, 5) is 39.6. The van der Waals surface area contributed by atoms with Gasteiger partial charge in [-0.1, -0.05) is 20.8 Å². The van der Waals surface area contributed by atoms with E-state index in [4.69, 9.17) is 5.26 Å². The quantitative estimate of drug-likeness (QED) is 0.516. The summed E-state index contributed by atoms with van der Waals surface area (Å²) in [5.74, 6) is -1.55. The zero-order valence-corrected chi connectivity index (χ0v) is 19.0. The molecule has 0 bridgehead atoms. The van der Waals surface area contributed by atoms with Crippen molar-refractivity contribution in [1.29, 1.82) is 5.26 Å². The van der Waals surface area contributed by atoms with Crippen LogP contribution in [0.5, 0.6) is 5.88 Å². The van der Waals surface area contributed by atoms with Crippen LogP contribution in [-0.2, 0) is 11.3 Å². The lowest BCUT2D eigenvalue weighted by Crippen LogP contribution is -2.37. The lowest BCUT2D eigenvalue weighted by atomic mass is 9.96. The summed E-state index contributed by atoms with van der Waals surface area (Å²) >= 11 is 0. The van der Waals surface area contributed by atoms with Gasteiger partial charge in [0.05, 0.1) is 11.8 Å². The molecule has 0 aromatic carbocycles. The van der Waals surface area contributed by atoms with Crippen molar-refractivity contribution in [2.45, 2.75) is 53.1 Å². The van der Waals surface area contributed by atoms with Crippen molar-refractivity contribution >= 4 is 23.5 Å². The fraction of sp³-hybridized carbons (Fsp3) is 0.500. The Morgan fingerprint density at radius 2 is 2.03 bits per heavy atom. The molecule has 0 aliphatic heterocycles. The van der Waals surface area contributed by atoms with Gasteiger partial charge in [-0.2, -0.15) is 14.9 Å². The second-order valence-electron chi connectivity index (χ2n) is 9.32. The molecule has 1 aliphatic rings. The van der Waals surface area contributed by atoms with Gasteiger partial charge in [-0.25, -0.2) is 0 Å². The number of rotatable bonds is 6. The molecule has 10 heteroatoms. The van der Waals surface area contributed by atoms with E-state index >= 15 is 0 Å². The van der Waals surface area contributed by atoms with Gasteiger partial charge in [0.2, 0.25) is 11.8 Å². The number of nitrogens with zero attached hydrogens (tertiary/aromatic N) is 5. The molecular formula is C22H28N6O4. The minimum atomic E-state index is -0.627. The molecule has 1 aliphatic carbocycles. The summed E-state index contributed by atoms with van der Waals surface area (Å²) < 4.78 is 2.60. The van der Waals surface area contributed by atoms with Gasteiger partial charge in [0.1, 0.15) is 12.2 Å². The van der Waals surface area contributed by atoms with Gasteiger partial charge in [0, 0.05) is 31.3 Å². The van der Waals surface area contributed by atoms with Gasteiger partial charge in [-0.3, -0.25) is 19.0 Å². The van der Waals surface area contributed by atoms with E-state index in [1.54, 1.807) is 6.92 Å². The highest BCUT2D eigenvalue weighted by Crippen LogP contribution is 2.27. The number of nitrogens with one attached hydrogen (secondary N) is 1. The van der Waals surface area contributed by atoms with E-state index in [2.05, 4.69) is 10.4 Å². The lowest BCUT2D eigenvalue weighted by Gasteiger charge is -2.22. The molecule has 2 amide bonds. The first-order valence-electron chi connectivity index (χ1n) is 10.4. The Hall–Kier alpha value is -3.61.